The van der Waals surface area contributed by atoms with Crippen LogP contribution in [0.4, 0.5) is 0 Å². The molecule has 0 saturated carbocycles. The highest BCUT2D eigenvalue weighted by atomic mass is 32.1. The number of ketones is 1. The Bertz CT molecular complexity index is 499. The molecule has 1 atom stereocenters. The highest BCUT2D eigenvalue weighted by Gasteiger charge is 2.31. The second-order valence-electron chi connectivity index (χ2n) is 5.61. The molecule has 3 nitrogen and oxygen atoms in total. The molecule has 0 radical (unpaired) electrons. The van der Waals surface area contributed by atoms with Gasteiger partial charge in [-0.25, -0.2) is 0 Å². The van der Waals surface area contributed by atoms with Crippen molar-refractivity contribution >= 4 is 23.0 Å². The van der Waals surface area contributed by atoms with E-state index < -0.39 is 0 Å². The molecule has 3 rings (SSSR count). The average molecular weight is 277 g/mol. The first-order valence-electron chi connectivity index (χ1n) is 7.07. The largest absolute Gasteiger partial charge is 0.335 e. The summed E-state index contributed by atoms with van der Waals surface area (Å²) in [4.78, 5) is 28.0. The van der Waals surface area contributed by atoms with Gasteiger partial charge in [0.1, 0.15) is 5.78 Å². The van der Waals surface area contributed by atoms with Gasteiger partial charge in [-0.1, -0.05) is 0 Å². The second kappa shape index (κ2) is 5.08. The number of likely N-dealkylation sites (tertiary alicyclic amines) is 1. The van der Waals surface area contributed by atoms with Crippen molar-refractivity contribution in [1.82, 2.24) is 4.90 Å². The molecule has 0 N–H and O–H groups in total. The van der Waals surface area contributed by atoms with Gasteiger partial charge in [0.25, 0.3) is 5.91 Å². The van der Waals surface area contributed by atoms with E-state index in [1.54, 1.807) is 18.3 Å². The number of carbonyl (C=O) groups is 2. The number of thiophene rings is 1. The Morgan fingerprint density at radius 1 is 1.37 bits per heavy atom. The van der Waals surface area contributed by atoms with Gasteiger partial charge in [0.2, 0.25) is 0 Å². The first-order chi connectivity index (χ1) is 9.15. The summed E-state index contributed by atoms with van der Waals surface area (Å²) in [5, 5.41) is 0. The Hall–Kier alpha value is -1.16. The van der Waals surface area contributed by atoms with Crippen molar-refractivity contribution in [3.05, 3.63) is 21.4 Å². The fourth-order valence-electron chi connectivity index (χ4n) is 3.22. The molecule has 1 unspecified atom stereocenters. The van der Waals surface area contributed by atoms with Crippen molar-refractivity contribution in [3.63, 3.8) is 0 Å². The number of nitrogens with zero attached hydrogens (tertiary/aromatic N) is 1. The molecule has 2 heterocycles. The maximum Gasteiger partial charge on any atom is 0.264 e. The van der Waals surface area contributed by atoms with E-state index in [2.05, 4.69) is 6.07 Å². The highest BCUT2D eigenvalue weighted by Crippen LogP contribution is 2.32. The van der Waals surface area contributed by atoms with Gasteiger partial charge in [0, 0.05) is 23.9 Å². The molecule has 102 valence electrons. The summed E-state index contributed by atoms with van der Waals surface area (Å²) < 4.78 is 0. The first kappa shape index (κ1) is 12.9. The monoisotopic (exact) mass is 277 g/mol. The third-order valence-corrected chi connectivity index (χ3v) is 5.34. The number of hydrogen-bond acceptors (Lipinski definition) is 3. The van der Waals surface area contributed by atoms with Gasteiger partial charge in [-0.15, -0.1) is 11.3 Å². The topological polar surface area (TPSA) is 37.4 Å². The molecule has 1 amide bonds. The van der Waals surface area contributed by atoms with Crippen LogP contribution in [0, 0.1) is 0 Å². The van der Waals surface area contributed by atoms with Crippen molar-refractivity contribution in [2.24, 2.45) is 0 Å². The maximum atomic E-state index is 12.6. The van der Waals surface area contributed by atoms with Crippen molar-refractivity contribution in [2.45, 2.75) is 51.5 Å². The van der Waals surface area contributed by atoms with Crippen LogP contribution in [0.15, 0.2) is 6.07 Å². The van der Waals surface area contributed by atoms with Crippen molar-refractivity contribution < 1.29 is 9.59 Å². The lowest BCUT2D eigenvalue weighted by atomic mass is 10.1. The molecule has 4 heteroatoms. The van der Waals surface area contributed by atoms with Gasteiger partial charge < -0.3 is 4.90 Å². The molecule has 1 aromatic heterocycles. The average Bonchev–Trinajstić information content (AvgIpc) is 2.99. The molecule has 1 aliphatic heterocycles. The fourth-order valence-corrected chi connectivity index (χ4v) is 4.43. The van der Waals surface area contributed by atoms with E-state index in [0.717, 1.165) is 37.1 Å². The van der Waals surface area contributed by atoms with Crippen LogP contribution in [0.1, 0.15) is 52.7 Å². The first-order valence-corrected chi connectivity index (χ1v) is 7.89. The summed E-state index contributed by atoms with van der Waals surface area (Å²) in [6.07, 6.45) is 5.98. The van der Waals surface area contributed by atoms with Gasteiger partial charge in [-0.2, -0.15) is 0 Å². The van der Waals surface area contributed by atoms with E-state index in [0.29, 0.717) is 6.42 Å². The number of hydrogen-bond donors (Lipinski definition) is 0. The molecule has 0 bridgehead atoms. The minimum atomic E-state index is 0.127. The quantitative estimate of drug-likeness (QED) is 0.852. The number of rotatable bonds is 3. The highest BCUT2D eigenvalue weighted by molar-refractivity contribution is 7.14. The lowest BCUT2D eigenvalue weighted by Crippen LogP contribution is -2.36. The third-order valence-electron chi connectivity index (χ3n) is 4.12. The van der Waals surface area contributed by atoms with E-state index in [9.17, 15) is 9.59 Å². The standard InChI is InChI=1S/C15H19NO2S/c1-10(17)8-12-5-3-7-16(12)15(18)14-9-11-4-2-6-13(11)19-14/h9,12H,2-8H2,1H3. The zero-order valence-electron chi connectivity index (χ0n) is 11.3. The summed E-state index contributed by atoms with van der Waals surface area (Å²) in [5.74, 6) is 0.321. The summed E-state index contributed by atoms with van der Waals surface area (Å²) in [7, 11) is 0. The van der Waals surface area contributed by atoms with E-state index in [1.165, 1.54) is 16.9 Å². The Labute approximate surface area is 117 Å². The van der Waals surface area contributed by atoms with Crippen LogP contribution in [-0.4, -0.2) is 29.2 Å². The molecule has 0 aromatic carbocycles. The van der Waals surface area contributed by atoms with E-state index >= 15 is 0 Å². The van der Waals surface area contributed by atoms with Crippen LogP contribution >= 0.6 is 11.3 Å². The van der Waals surface area contributed by atoms with Gasteiger partial charge in [0.05, 0.1) is 4.88 Å². The zero-order chi connectivity index (χ0) is 13.4. The Kier molecular flexibility index (Phi) is 3.44. The molecule has 1 fully saturated rings. The smallest absolute Gasteiger partial charge is 0.264 e. The number of carbonyl (C=O) groups excluding carboxylic acids is 2. The summed E-state index contributed by atoms with van der Waals surface area (Å²) >= 11 is 1.66. The molecular weight excluding hydrogens is 258 g/mol. The van der Waals surface area contributed by atoms with Gasteiger partial charge >= 0.3 is 0 Å². The van der Waals surface area contributed by atoms with Crippen LogP contribution in [0.5, 0.6) is 0 Å². The Morgan fingerprint density at radius 2 is 2.21 bits per heavy atom. The van der Waals surface area contributed by atoms with Gasteiger partial charge in [-0.3, -0.25) is 9.59 Å². The predicted octanol–water partition coefficient (Wildman–Crippen LogP) is 2.82. The van der Waals surface area contributed by atoms with E-state index in [1.807, 2.05) is 4.90 Å². The molecular formula is C15H19NO2S. The lowest BCUT2D eigenvalue weighted by molar-refractivity contribution is -0.117. The van der Waals surface area contributed by atoms with Crippen LogP contribution in [0.25, 0.3) is 0 Å². The minimum absolute atomic E-state index is 0.127. The molecule has 1 saturated heterocycles. The normalized spacial score (nSPS) is 21.7. The van der Waals surface area contributed by atoms with Crippen LogP contribution in [0.3, 0.4) is 0 Å². The SMILES string of the molecule is CC(=O)CC1CCCN1C(=O)c1cc2c(s1)CCC2. The number of amides is 1. The van der Waals surface area contributed by atoms with Crippen molar-refractivity contribution in [3.8, 4) is 0 Å². The molecule has 1 aromatic rings. The van der Waals surface area contributed by atoms with E-state index in [4.69, 9.17) is 0 Å². The third kappa shape index (κ3) is 2.46. The van der Waals surface area contributed by atoms with Gasteiger partial charge in [0.15, 0.2) is 0 Å². The summed E-state index contributed by atoms with van der Waals surface area (Å²) in [5.41, 5.74) is 1.37. The predicted molar refractivity (Wildman–Crippen MR) is 75.7 cm³/mol. The van der Waals surface area contributed by atoms with E-state index in [-0.39, 0.29) is 17.7 Å². The molecule has 0 spiro atoms. The number of aryl methyl sites for hydroxylation is 2. The lowest BCUT2D eigenvalue weighted by Gasteiger charge is -2.23. The van der Waals surface area contributed by atoms with Crippen LogP contribution in [-0.2, 0) is 17.6 Å². The molecule has 2 aliphatic rings. The zero-order valence-corrected chi connectivity index (χ0v) is 12.1. The van der Waals surface area contributed by atoms with Crippen LogP contribution < -0.4 is 0 Å². The number of fused-ring (bicyclic) bond motifs is 1. The second-order valence-corrected chi connectivity index (χ2v) is 6.75. The maximum absolute atomic E-state index is 12.6. The number of Topliss-reactive ketones (excluding diaryl/α,β-unsaturated/α-hetero) is 1. The molecule has 1 aliphatic carbocycles. The minimum Gasteiger partial charge on any atom is -0.335 e. The fraction of sp³-hybridized carbons (Fsp3) is 0.600. The van der Waals surface area contributed by atoms with Crippen molar-refractivity contribution in [1.29, 1.82) is 0 Å². The molecule has 19 heavy (non-hydrogen) atoms. The Morgan fingerprint density at radius 3 is 2.95 bits per heavy atom. The summed E-state index contributed by atoms with van der Waals surface area (Å²) in [6.45, 7) is 2.42. The Balaban J connectivity index is 1.76. The van der Waals surface area contributed by atoms with Crippen LogP contribution in [0.2, 0.25) is 0 Å². The summed E-state index contributed by atoms with van der Waals surface area (Å²) in [6, 6.07) is 2.21. The van der Waals surface area contributed by atoms with Gasteiger partial charge in [-0.05, 0) is 50.7 Å². The van der Waals surface area contributed by atoms with Crippen molar-refractivity contribution in [2.75, 3.05) is 6.54 Å².